The molecule has 0 bridgehead atoms. The number of hydrogen-bond acceptors (Lipinski definition) is 2. The van der Waals surface area contributed by atoms with Crippen molar-refractivity contribution < 1.29 is 4.42 Å². The van der Waals surface area contributed by atoms with E-state index in [1.807, 2.05) is 12.1 Å². The average Bonchev–Trinajstić information content (AvgIpc) is 3.00. The van der Waals surface area contributed by atoms with Gasteiger partial charge in [-0.3, -0.25) is 0 Å². The fourth-order valence-electron chi connectivity index (χ4n) is 2.82. The molecule has 2 nitrogen and oxygen atoms in total. The fraction of sp³-hybridized carbons (Fsp3) is 0.789. The molecule has 0 saturated carbocycles. The smallest absolute Gasteiger partial charge is 0.103 e. The maximum Gasteiger partial charge on any atom is 0.103 e. The molecular formula is C19H35NO. The van der Waals surface area contributed by atoms with Crippen LogP contribution in [0.2, 0.25) is 0 Å². The summed E-state index contributed by atoms with van der Waals surface area (Å²) < 4.78 is 5.33. The summed E-state index contributed by atoms with van der Waals surface area (Å²) >= 11 is 0. The minimum absolute atomic E-state index is 0.337. The zero-order valence-corrected chi connectivity index (χ0v) is 14.0. The van der Waals surface area contributed by atoms with Crippen LogP contribution in [0, 0.1) is 0 Å². The first-order valence-corrected chi connectivity index (χ1v) is 9.11. The Morgan fingerprint density at radius 2 is 1.52 bits per heavy atom. The number of nitrogens with two attached hydrogens (primary N) is 1. The van der Waals surface area contributed by atoms with Gasteiger partial charge in [-0.15, -0.1) is 0 Å². The number of unbranched alkanes of at least 4 members (excludes halogenated alkanes) is 9. The molecule has 0 spiro atoms. The molecule has 0 aliphatic rings. The molecule has 0 amide bonds. The molecular weight excluding hydrogens is 258 g/mol. The van der Waals surface area contributed by atoms with Crippen molar-refractivity contribution in [2.45, 2.75) is 96.4 Å². The third kappa shape index (κ3) is 10.6. The van der Waals surface area contributed by atoms with Gasteiger partial charge in [-0.1, -0.05) is 71.1 Å². The molecule has 0 saturated heterocycles. The van der Waals surface area contributed by atoms with E-state index in [0.29, 0.717) is 6.04 Å². The van der Waals surface area contributed by atoms with Crippen LogP contribution in [-0.4, -0.2) is 6.04 Å². The minimum Gasteiger partial charge on any atom is -0.469 e. The van der Waals surface area contributed by atoms with Crippen molar-refractivity contribution in [1.82, 2.24) is 0 Å². The van der Waals surface area contributed by atoms with E-state index in [0.717, 1.165) is 25.0 Å². The summed E-state index contributed by atoms with van der Waals surface area (Å²) in [6.07, 6.45) is 18.8. The van der Waals surface area contributed by atoms with Gasteiger partial charge in [0.15, 0.2) is 0 Å². The standard InChI is InChI=1S/C19H35NO/c1-2-3-4-5-6-7-8-9-10-11-13-18(20)15-16-19-14-12-17-21-19/h12,14,17-18H,2-11,13,15-16,20H2,1H3. The topological polar surface area (TPSA) is 39.2 Å². The van der Waals surface area contributed by atoms with E-state index in [-0.39, 0.29) is 0 Å². The van der Waals surface area contributed by atoms with Crippen LogP contribution in [0.1, 0.15) is 89.7 Å². The van der Waals surface area contributed by atoms with E-state index in [1.165, 1.54) is 64.2 Å². The number of furan rings is 1. The summed E-state index contributed by atoms with van der Waals surface area (Å²) in [5.41, 5.74) is 6.16. The molecule has 1 heterocycles. The Morgan fingerprint density at radius 1 is 0.905 bits per heavy atom. The summed E-state index contributed by atoms with van der Waals surface area (Å²) in [5, 5.41) is 0. The van der Waals surface area contributed by atoms with Gasteiger partial charge in [-0.2, -0.15) is 0 Å². The second-order valence-corrected chi connectivity index (χ2v) is 6.35. The molecule has 0 fully saturated rings. The molecule has 21 heavy (non-hydrogen) atoms. The van der Waals surface area contributed by atoms with Crippen LogP contribution in [0.15, 0.2) is 22.8 Å². The molecule has 0 radical (unpaired) electrons. The molecule has 0 aliphatic heterocycles. The first kappa shape index (κ1) is 18.3. The molecule has 122 valence electrons. The van der Waals surface area contributed by atoms with Crippen molar-refractivity contribution in [3.63, 3.8) is 0 Å². The van der Waals surface area contributed by atoms with E-state index in [2.05, 4.69) is 6.92 Å². The normalized spacial score (nSPS) is 12.7. The quantitative estimate of drug-likeness (QED) is 0.437. The van der Waals surface area contributed by atoms with Gasteiger partial charge in [-0.25, -0.2) is 0 Å². The van der Waals surface area contributed by atoms with E-state index in [9.17, 15) is 0 Å². The highest BCUT2D eigenvalue weighted by atomic mass is 16.3. The summed E-state index contributed by atoms with van der Waals surface area (Å²) in [4.78, 5) is 0. The predicted molar refractivity (Wildman–Crippen MR) is 91.5 cm³/mol. The van der Waals surface area contributed by atoms with Gasteiger partial charge in [0.1, 0.15) is 5.76 Å². The number of aryl methyl sites for hydroxylation is 1. The maximum atomic E-state index is 6.16. The van der Waals surface area contributed by atoms with Crippen molar-refractivity contribution in [2.24, 2.45) is 5.73 Å². The Hall–Kier alpha value is -0.760. The summed E-state index contributed by atoms with van der Waals surface area (Å²) in [7, 11) is 0. The van der Waals surface area contributed by atoms with Gasteiger partial charge in [0.25, 0.3) is 0 Å². The lowest BCUT2D eigenvalue weighted by Gasteiger charge is -2.10. The highest BCUT2D eigenvalue weighted by Gasteiger charge is 2.04. The second-order valence-electron chi connectivity index (χ2n) is 6.35. The van der Waals surface area contributed by atoms with Crippen LogP contribution in [0.25, 0.3) is 0 Å². The van der Waals surface area contributed by atoms with Crippen LogP contribution in [-0.2, 0) is 6.42 Å². The van der Waals surface area contributed by atoms with Crippen LogP contribution in [0.5, 0.6) is 0 Å². The molecule has 0 aliphatic carbocycles. The summed E-state index contributed by atoms with van der Waals surface area (Å²) in [6.45, 7) is 2.28. The van der Waals surface area contributed by atoms with Crippen LogP contribution >= 0.6 is 0 Å². The molecule has 2 N–H and O–H groups in total. The predicted octanol–water partition coefficient (Wildman–Crippen LogP) is 5.85. The maximum absolute atomic E-state index is 6.16. The molecule has 1 atom stereocenters. The summed E-state index contributed by atoms with van der Waals surface area (Å²) in [6, 6.07) is 4.32. The lowest BCUT2D eigenvalue weighted by atomic mass is 10.0. The van der Waals surface area contributed by atoms with E-state index >= 15 is 0 Å². The third-order valence-electron chi connectivity index (χ3n) is 4.27. The lowest BCUT2D eigenvalue weighted by molar-refractivity contribution is 0.464. The molecule has 1 aromatic heterocycles. The third-order valence-corrected chi connectivity index (χ3v) is 4.27. The molecule has 0 aromatic carbocycles. The lowest BCUT2D eigenvalue weighted by Crippen LogP contribution is -2.20. The first-order chi connectivity index (χ1) is 10.3. The van der Waals surface area contributed by atoms with Gasteiger partial charge in [0, 0.05) is 12.5 Å². The van der Waals surface area contributed by atoms with Crippen molar-refractivity contribution in [3.05, 3.63) is 24.2 Å². The van der Waals surface area contributed by atoms with Crippen molar-refractivity contribution in [2.75, 3.05) is 0 Å². The van der Waals surface area contributed by atoms with E-state index < -0.39 is 0 Å². The Balaban J connectivity index is 1.81. The number of rotatable bonds is 14. The largest absolute Gasteiger partial charge is 0.469 e. The SMILES string of the molecule is CCCCCCCCCCCCC(N)CCc1ccco1. The van der Waals surface area contributed by atoms with E-state index in [4.69, 9.17) is 10.2 Å². The van der Waals surface area contributed by atoms with Gasteiger partial charge >= 0.3 is 0 Å². The zero-order valence-electron chi connectivity index (χ0n) is 14.0. The minimum atomic E-state index is 0.337. The second kappa shape index (κ2) is 12.9. The highest BCUT2D eigenvalue weighted by Crippen LogP contribution is 2.13. The fourth-order valence-corrected chi connectivity index (χ4v) is 2.82. The first-order valence-electron chi connectivity index (χ1n) is 9.11. The molecule has 1 aromatic rings. The zero-order chi connectivity index (χ0) is 15.2. The molecule has 1 rings (SSSR count). The van der Waals surface area contributed by atoms with Crippen LogP contribution < -0.4 is 5.73 Å². The average molecular weight is 293 g/mol. The molecule has 2 heteroatoms. The summed E-state index contributed by atoms with van der Waals surface area (Å²) in [5.74, 6) is 1.06. The molecule has 1 unspecified atom stereocenters. The van der Waals surface area contributed by atoms with Gasteiger partial charge in [0.05, 0.1) is 6.26 Å². The Kier molecular flexibility index (Phi) is 11.3. The highest BCUT2D eigenvalue weighted by molar-refractivity contribution is 4.98. The Morgan fingerprint density at radius 3 is 2.10 bits per heavy atom. The van der Waals surface area contributed by atoms with Crippen molar-refractivity contribution >= 4 is 0 Å². The van der Waals surface area contributed by atoms with Gasteiger partial charge < -0.3 is 10.2 Å². The van der Waals surface area contributed by atoms with Crippen LogP contribution in [0.3, 0.4) is 0 Å². The van der Waals surface area contributed by atoms with Gasteiger partial charge in [-0.05, 0) is 25.0 Å². The number of hydrogen-bond donors (Lipinski definition) is 1. The van der Waals surface area contributed by atoms with Crippen LogP contribution in [0.4, 0.5) is 0 Å². The van der Waals surface area contributed by atoms with E-state index in [1.54, 1.807) is 6.26 Å². The Bertz CT molecular complexity index is 307. The van der Waals surface area contributed by atoms with Crippen molar-refractivity contribution in [3.8, 4) is 0 Å². The Labute approximate surface area is 131 Å². The van der Waals surface area contributed by atoms with Gasteiger partial charge in [0.2, 0.25) is 0 Å². The van der Waals surface area contributed by atoms with Crippen molar-refractivity contribution in [1.29, 1.82) is 0 Å². The monoisotopic (exact) mass is 293 g/mol.